The Balaban J connectivity index is 0.00000187. The standard InChI is InChI=1S/C24H29N3O4.C2H6/c1-16(2)6-11-19-21-20(14-25-22(19)18-9-7-17(3)8-10-18)26(4)24(30)27(23(21)29)12-5-13-31-15-28;1-2/h7-10,14-16H,5-6,11-13H2,1-4H3;1-2H3. The summed E-state index contributed by atoms with van der Waals surface area (Å²) in [5, 5.41) is 0.532. The van der Waals surface area contributed by atoms with Crippen LogP contribution >= 0.6 is 0 Å². The van der Waals surface area contributed by atoms with Crippen LogP contribution in [0.3, 0.4) is 0 Å². The molecule has 2 heterocycles. The molecule has 0 atom stereocenters. The fourth-order valence-corrected chi connectivity index (χ4v) is 3.73. The molecule has 0 aliphatic carbocycles. The van der Waals surface area contributed by atoms with Gasteiger partial charge in [0.25, 0.3) is 12.0 Å². The van der Waals surface area contributed by atoms with E-state index in [0.717, 1.165) is 28.8 Å². The van der Waals surface area contributed by atoms with E-state index in [1.165, 1.54) is 9.13 Å². The Morgan fingerprint density at radius 1 is 1.12 bits per heavy atom. The number of nitrogens with zero attached hydrogens (tertiary/aromatic N) is 3. The summed E-state index contributed by atoms with van der Waals surface area (Å²) in [6.07, 6.45) is 3.59. The minimum atomic E-state index is -0.400. The minimum absolute atomic E-state index is 0.155. The highest BCUT2D eigenvalue weighted by molar-refractivity contribution is 5.86. The van der Waals surface area contributed by atoms with Gasteiger partial charge in [-0.2, -0.15) is 0 Å². The molecular formula is C26H35N3O4. The maximum absolute atomic E-state index is 13.5. The average Bonchev–Trinajstić information content (AvgIpc) is 2.82. The molecular weight excluding hydrogens is 418 g/mol. The van der Waals surface area contributed by atoms with Crippen molar-refractivity contribution in [3.05, 3.63) is 62.4 Å². The highest BCUT2D eigenvalue weighted by Gasteiger charge is 2.19. The van der Waals surface area contributed by atoms with Crippen LogP contribution in [0.25, 0.3) is 22.2 Å². The van der Waals surface area contributed by atoms with Gasteiger partial charge in [0.2, 0.25) is 0 Å². The summed E-state index contributed by atoms with van der Waals surface area (Å²) in [7, 11) is 1.65. The summed E-state index contributed by atoms with van der Waals surface area (Å²) in [6, 6.07) is 8.08. The molecule has 0 bridgehead atoms. The number of carbonyl (C=O) groups excluding carboxylic acids is 1. The van der Waals surface area contributed by atoms with Crippen LogP contribution in [0.2, 0.25) is 0 Å². The van der Waals surface area contributed by atoms with Gasteiger partial charge in [-0.05, 0) is 37.7 Å². The second-order valence-corrected chi connectivity index (χ2v) is 8.26. The van der Waals surface area contributed by atoms with Gasteiger partial charge in [0, 0.05) is 19.2 Å². The molecule has 178 valence electrons. The van der Waals surface area contributed by atoms with E-state index < -0.39 is 5.69 Å². The predicted molar refractivity (Wildman–Crippen MR) is 133 cm³/mol. The van der Waals surface area contributed by atoms with Gasteiger partial charge < -0.3 is 4.74 Å². The largest absolute Gasteiger partial charge is 0.468 e. The van der Waals surface area contributed by atoms with Crippen LogP contribution < -0.4 is 11.2 Å². The molecule has 2 aromatic heterocycles. The molecule has 0 radical (unpaired) electrons. The molecule has 7 heteroatoms. The van der Waals surface area contributed by atoms with Crippen molar-refractivity contribution in [2.24, 2.45) is 13.0 Å². The number of benzene rings is 1. The van der Waals surface area contributed by atoms with Gasteiger partial charge in [0.1, 0.15) is 0 Å². The number of pyridine rings is 1. The van der Waals surface area contributed by atoms with Crippen molar-refractivity contribution in [2.45, 2.75) is 60.4 Å². The maximum atomic E-state index is 13.5. The Morgan fingerprint density at radius 3 is 2.39 bits per heavy atom. The highest BCUT2D eigenvalue weighted by atomic mass is 16.5. The van der Waals surface area contributed by atoms with E-state index in [0.29, 0.717) is 36.1 Å². The van der Waals surface area contributed by atoms with Crippen molar-refractivity contribution in [3.8, 4) is 11.3 Å². The second kappa shape index (κ2) is 12.1. The third-order valence-electron chi connectivity index (χ3n) is 5.51. The first kappa shape index (κ1) is 26.0. The number of hydrogen-bond acceptors (Lipinski definition) is 5. The molecule has 0 unspecified atom stereocenters. The summed E-state index contributed by atoms with van der Waals surface area (Å²) < 4.78 is 7.42. The highest BCUT2D eigenvalue weighted by Crippen LogP contribution is 2.28. The van der Waals surface area contributed by atoms with E-state index in [-0.39, 0.29) is 18.7 Å². The zero-order valence-corrected chi connectivity index (χ0v) is 20.6. The number of carbonyl (C=O) groups is 1. The molecule has 0 saturated heterocycles. The first-order valence-electron chi connectivity index (χ1n) is 11.6. The third kappa shape index (κ3) is 5.97. The molecule has 0 N–H and O–H groups in total. The quantitative estimate of drug-likeness (QED) is 0.357. The van der Waals surface area contributed by atoms with Crippen LogP contribution in [-0.4, -0.2) is 27.2 Å². The lowest BCUT2D eigenvalue weighted by molar-refractivity contribution is -0.128. The van der Waals surface area contributed by atoms with E-state index >= 15 is 0 Å². The second-order valence-electron chi connectivity index (χ2n) is 8.26. The zero-order chi connectivity index (χ0) is 24.5. The van der Waals surface area contributed by atoms with Crippen molar-refractivity contribution < 1.29 is 9.53 Å². The molecule has 0 saturated carbocycles. The molecule has 7 nitrogen and oxygen atoms in total. The maximum Gasteiger partial charge on any atom is 0.331 e. The first-order valence-corrected chi connectivity index (χ1v) is 11.6. The van der Waals surface area contributed by atoms with Crippen LogP contribution in [0.15, 0.2) is 40.1 Å². The lowest BCUT2D eigenvalue weighted by Crippen LogP contribution is -2.40. The Bertz CT molecular complexity index is 1190. The molecule has 0 fully saturated rings. The van der Waals surface area contributed by atoms with Gasteiger partial charge >= 0.3 is 5.69 Å². The number of fused-ring (bicyclic) bond motifs is 1. The van der Waals surface area contributed by atoms with Crippen molar-refractivity contribution in [1.29, 1.82) is 0 Å². The Labute approximate surface area is 195 Å². The van der Waals surface area contributed by atoms with Crippen molar-refractivity contribution >= 4 is 17.4 Å². The number of hydrogen-bond donors (Lipinski definition) is 0. The van der Waals surface area contributed by atoms with Crippen molar-refractivity contribution in [2.75, 3.05) is 6.61 Å². The normalized spacial score (nSPS) is 10.8. The minimum Gasteiger partial charge on any atom is -0.468 e. The summed E-state index contributed by atoms with van der Waals surface area (Å²) in [6.45, 7) is 11.0. The number of aromatic nitrogens is 3. The van der Waals surface area contributed by atoms with Crippen LogP contribution in [-0.2, 0) is 29.5 Å². The summed E-state index contributed by atoms with van der Waals surface area (Å²) in [5.41, 5.74) is 3.56. The van der Waals surface area contributed by atoms with Crippen molar-refractivity contribution in [3.63, 3.8) is 0 Å². The van der Waals surface area contributed by atoms with E-state index in [1.54, 1.807) is 13.2 Å². The molecule has 1 aromatic carbocycles. The van der Waals surface area contributed by atoms with E-state index in [4.69, 9.17) is 4.74 Å². The summed E-state index contributed by atoms with van der Waals surface area (Å²) in [5.74, 6) is 0.455. The van der Waals surface area contributed by atoms with Gasteiger partial charge in [0.05, 0.1) is 29.4 Å². The lowest BCUT2D eigenvalue weighted by Gasteiger charge is -2.17. The van der Waals surface area contributed by atoms with Gasteiger partial charge in [0.15, 0.2) is 0 Å². The fraction of sp³-hybridized carbons (Fsp3) is 0.462. The monoisotopic (exact) mass is 453 g/mol. The van der Waals surface area contributed by atoms with Crippen LogP contribution in [0.1, 0.15) is 51.7 Å². The van der Waals surface area contributed by atoms with E-state index in [9.17, 15) is 14.4 Å². The first-order chi connectivity index (χ1) is 15.8. The van der Waals surface area contributed by atoms with Gasteiger partial charge in [-0.1, -0.05) is 57.5 Å². The van der Waals surface area contributed by atoms with E-state index in [1.807, 2.05) is 45.0 Å². The molecule has 0 aliphatic rings. The molecule has 3 aromatic rings. The molecule has 0 amide bonds. The number of aryl methyl sites for hydroxylation is 3. The topological polar surface area (TPSA) is 83.2 Å². The van der Waals surface area contributed by atoms with E-state index in [2.05, 4.69) is 18.8 Å². The summed E-state index contributed by atoms with van der Waals surface area (Å²) in [4.78, 5) is 41.4. The fourth-order valence-electron chi connectivity index (χ4n) is 3.73. The van der Waals surface area contributed by atoms with Crippen LogP contribution in [0, 0.1) is 12.8 Å². The SMILES string of the molecule is CC.Cc1ccc(-c2ncc3c(c2CCC(C)C)c(=O)n(CCCOC=O)c(=O)n3C)cc1. The lowest BCUT2D eigenvalue weighted by atomic mass is 9.95. The Kier molecular flexibility index (Phi) is 9.57. The number of ether oxygens (including phenoxy) is 1. The Hall–Kier alpha value is -3.22. The van der Waals surface area contributed by atoms with Gasteiger partial charge in [-0.3, -0.25) is 23.7 Å². The van der Waals surface area contributed by atoms with Crippen LogP contribution in [0.5, 0.6) is 0 Å². The Morgan fingerprint density at radius 2 is 1.79 bits per heavy atom. The molecule has 0 spiro atoms. The molecule has 3 rings (SSSR count). The smallest absolute Gasteiger partial charge is 0.331 e. The summed E-state index contributed by atoms with van der Waals surface area (Å²) >= 11 is 0. The van der Waals surface area contributed by atoms with Crippen LogP contribution in [0.4, 0.5) is 0 Å². The predicted octanol–water partition coefficient (Wildman–Crippen LogP) is 4.25. The molecule has 33 heavy (non-hydrogen) atoms. The van der Waals surface area contributed by atoms with Crippen molar-refractivity contribution in [1.82, 2.24) is 14.1 Å². The van der Waals surface area contributed by atoms with Gasteiger partial charge in [-0.25, -0.2) is 4.79 Å². The number of rotatable bonds is 9. The average molecular weight is 454 g/mol. The van der Waals surface area contributed by atoms with Gasteiger partial charge in [-0.15, -0.1) is 0 Å². The third-order valence-corrected chi connectivity index (χ3v) is 5.51. The zero-order valence-electron chi connectivity index (χ0n) is 20.6. The molecule has 0 aliphatic heterocycles.